The van der Waals surface area contributed by atoms with Crippen molar-refractivity contribution in [2.45, 2.75) is 19.8 Å². The van der Waals surface area contributed by atoms with Crippen molar-refractivity contribution < 1.29 is 4.52 Å². The van der Waals surface area contributed by atoms with Crippen molar-refractivity contribution in [2.75, 3.05) is 0 Å². The van der Waals surface area contributed by atoms with Gasteiger partial charge < -0.3 is 4.52 Å². The van der Waals surface area contributed by atoms with Gasteiger partial charge in [-0.2, -0.15) is 0 Å². The van der Waals surface area contributed by atoms with Gasteiger partial charge in [0.15, 0.2) is 0 Å². The molecule has 9 heavy (non-hydrogen) atoms. The molecule has 0 aliphatic rings. The van der Waals surface area contributed by atoms with Crippen LogP contribution in [0.4, 0.5) is 0 Å². The summed E-state index contributed by atoms with van der Waals surface area (Å²) in [6.07, 6.45) is 0. The molecule has 2 heteroatoms. The molecule has 0 bridgehead atoms. The number of hydrogen-bond acceptors (Lipinski definition) is 2. The van der Waals surface area contributed by atoms with Crippen LogP contribution in [0.1, 0.15) is 31.2 Å². The molecule has 0 atom stereocenters. The second kappa shape index (κ2) is 2.21. The summed E-state index contributed by atoms with van der Waals surface area (Å²) in [5.74, 6) is 1.31. The highest BCUT2D eigenvalue weighted by molar-refractivity contribution is 5.10. The Bertz CT molecular complexity index is 191. The molecule has 0 unspecified atom stereocenters. The maximum atomic E-state index is 4.91. The molecule has 1 rings (SSSR count). The van der Waals surface area contributed by atoms with Crippen LogP contribution in [-0.2, 0) is 0 Å². The topological polar surface area (TPSA) is 26.0 Å². The third-order valence-electron chi connectivity index (χ3n) is 1.15. The van der Waals surface area contributed by atoms with Gasteiger partial charge in [0.05, 0.1) is 5.69 Å². The summed E-state index contributed by atoms with van der Waals surface area (Å²) in [5, 5.41) is 3.65. The van der Waals surface area contributed by atoms with E-state index in [1.54, 1.807) is 0 Å². The first-order valence-electron chi connectivity index (χ1n) is 2.98. The van der Waals surface area contributed by atoms with Crippen molar-refractivity contribution >= 4 is 0 Å². The zero-order valence-corrected chi connectivity index (χ0v) is 5.72. The Morgan fingerprint density at radius 2 is 2.33 bits per heavy atom. The van der Waals surface area contributed by atoms with Crippen molar-refractivity contribution in [3.8, 4) is 0 Å². The summed E-state index contributed by atoms with van der Waals surface area (Å²) in [7, 11) is 0. The molecule has 0 amide bonds. The molecule has 0 aliphatic heterocycles. The molecular weight excluding hydrogens is 114 g/mol. The van der Waals surface area contributed by atoms with Crippen LogP contribution in [0.3, 0.4) is 0 Å². The summed E-state index contributed by atoms with van der Waals surface area (Å²) in [6, 6.07) is 1.85. The average Bonchev–Trinajstić information content (AvgIpc) is 2.14. The van der Waals surface area contributed by atoms with Crippen LogP contribution in [0.5, 0.6) is 0 Å². The Hall–Kier alpha value is -0.790. The van der Waals surface area contributed by atoms with Crippen LogP contribution in [0, 0.1) is 6.92 Å². The van der Waals surface area contributed by atoms with Gasteiger partial charge in [-0.05, 0) is 6.92 Å². The minimum absolute atomic E-state index is 0.410. The lowest BCUT2D eigenvalue weighted by molar-refractivity contribution is 0.369. The smallest absolute Gasteiger partial charge is 0.139 e. The summed E-state index contributed by atoms with van der Waals surface area (Å²) in [4.78, 5) is 0. The second-order valence-electron chi connectivity index (χ2n) is 2.38. The molecule has 0 N–H and O–H groups in total. The van der Waals surface area contributed by atoms with Gasteiger partial charge >= 0.3 is 0 Å². The van der Waals surface area contributed by atoms with E-state index in [4.69, 9.17) is 4.52 Å². The molecule has 0 aliphatic carbocycles. The SMILES string of the molecule is [CH2]c1cc(C(C)C)on1. The molecule has 0 aromatic carbocycles. The standard InChI is InChI=1S/C7H10NO/c1-5(2)7-4-6(3)8-9-7/h4-5H,3H2,1-2H3. The van der Waals surface area contributed by atoms with E-state index in [9.17, 15) is 0 Å². The lowest BCUT2D eigenvalue weighted by Gasteiger charge is -1.92. The highest BCUT2D eigenvalue weighted by Crippen LogP contribution is 2.13. The van der Waals surface area contributed by atoms with Gasteiger partial charge in [-0.3, -0.25) is 0 Å². The Kier molecular flexibility index (Phi) is 1.56. The lowest BCUT2D eigenvalue weighted by atomic mass is 10.1. The quantitative estimate of drug-likeness (QED) is 0.572. The Morgan fingerprint density at radius 3 is 2.56 bits per heavy atom. The van der Waals surface area contributed by atoms with Crippen molar-refractivity contribution in [1.29, 1.82) is 0 Å². The largest absolute Gasteiger partial charge is 0.361 e. The van der Waals surface area contributed by atoms with Gasteiger partial charge in [-0.1, -0.05) is 19.0 Å². The summed E-state index contributed by atoms with van der Waals surface area (Å²) in [6.45, 7) is 7.73. The van der Waals surface area contributed by atoms with Crippen LogP contribution in [0.2, 0.25) is 0 Å². The maximum Gasteiger partial charge on any atom is 0.139 e. The van der Waals surface area contributed by atoms with Crippen LogP contribution >= 0.6 is 0 Å². The minimum atomic E-state index is 0.410. The molecule has 0 saturated heterocycles. The Labute approximate surface area is 54.9 Å². The van der Waals surface area contributed by atoms with Crippen LogP contribution < -0.4 is 0 Å². The van der Waals surface area contributed by atoms with E-state index >= 15 is 0 Å². The molecule has 2 nitrogen and oxygen atoms in total. The maximum absolute atomic E-state index is 4.91. The fourth-order valence-corrected chi connectivity index (χ4v) is 0.600. The lowest BCUT2D eigenvalue weighted by Crippen LogP contribution is -1.80. The third-order valence-corrected chi connectivity index (χ3v) is 1.15. The van der Waals surface area contributed by atoms with Gasteiger partial charge in [-0.15, -0.1) is 0 Å². The van der Waals surface area contributed by atoms with Gasteiger partial charge in [0.25, 0.3) is 0 Å². The molecule has 49 valence electrons. The second-order valence-corrected chi connectivity index (χ2v) is 2.38. The van der Waals surface area contributed by atoms with Gasteiger partial charge in [0, 0.05) is 12.0 Å². The van der Waals surface area contributed by atoms with Crippen molar-refractivity contribution in [3.63, 3.8) is 0 Å². The summed E-state index contributed by atoms with van der Waals surface area (Å²) >= 11 is 0. The number of hydrogen-bond donors (Lipinski definition) is 0. The van der Waals surface area contributed by atoms with Crippen LogP contribution in [0.25, 0.3) is 0 Å². The average molecular weight is 124 g/mol. The predicted molar refractivity (Wildman–Crippen MR) is 35.1 cm³/mol. The monoisotopic (exact) mass is 124 g/mol. The summed E-state index contributed by atoms with van der Waals surface area (Å²) < 4.78 is 4.91. The predicted octanol–water partition coefficient (Wildman–Crippen LogP) is 1.98. The Morgan fingerprint density at radius 1 is 1.67 bits per heavy atom. The zero-order valence-electron chi connectivity index (χ0n) is 5.72. The number of nitrogens with zero attached hydrogens (tertiary/aromatic N) is 1. The van der Waals surface area contributed by atoms with Crippen molar-refractivity contribution in [3.05, 3.63) is 24.4 Å². The number of rotatable bonds is 1. The fraction of sp³-hybridized carbons (Fsp3) is 0.429. The minimum Gasteiger partial charge on any atom is -0.361 e. The van der Waals surface area contributed by atoms with Gasteiger partial charge in [-0.25, -0.2) is 0 Å². The first kappa shape index (κ1) is 6.33. The molecule has 0 spiro atoms. The van der Waals surface area contributed by atoms with E-state index in [-0.39, 0.29) is 0 Å². The molecule has 1 aromatic rings. The van der Waals surface area contributed by atoms with Gasteiger partial charge in [0.2, 0.25) is 0 Å². The van der Waals surface area contributed by atoms with E-state index in [0.717, 1.165) is 5.76 Å². The van der Waals surface area contributed by atoms with E-state index in [1.165, 1.54) is 0 Å². The molecule has 0 fully saturated rings. The zero-order chi connectivity index (χ0) is 6.85. The van der Waals surface area contributed by atoms with Crippen LogP contribution in [-0.4, -0.2) is 5.16 Å². The molecule has 1 aromatic heterocycles. The van der Waals surface area contributed by atoms with Crippen molar-refractivity contribution in [1.82, 2.24) is 5.16 Å². The van der Waals surface area contributed by atoms with E-state index < -0.39 is 0 Å². The first-order chi connectivity index (χ1) is 4.20. The first-order valence-corrected chi connectivity index (χ1v) is 2.98. The highest BCUT2D eigenvalue weighted by Gasteiger charge is 2.03. The fourth-order valence-electron chi connectivity index (χ4n) is 0.600. The molecular formula is C7H10NO. The van der Waals surface area contributed by atoms with E-state index in [0.29, 0.717) is 11.6 Å². The third kappa shape index (κ3) is 1.31. The van der Waals surface area contributed by atoms with Crippen molar-refractivity contribution in [2.24, 2.45) is 0 Å². The molecule has 1 heterocycles. The molecule has 0 saturated carbocycles. The van der Waals surface area contributed by atoms with E-state index in [1.807, 2.05) is 6.07 Å². The van der Waals surface area contributed by atoms with Crippen LogP contribution in [0.15, 0.2) is 10.6 Å². The number of aromatic nitrogens is 1. The normalized spacial score (nSPS) is 10.7. The summed E-state index contributed by atoms with van der Waals surface area (Å²) in [5.41, 5.74) is 0.707. The highest BCUT2D eigenvalue weighted by atomic mass is 16.5. The Balaban J connectivity index is 2.85. The van der Waals surface area contributed by atoms with E-state index in [2.05, 4.69) is 25.9 Å². The van der Waals surface area contributed by atoms with Gasteiger partial charge in [0.1, 0.15) is 5.76 Å². The molecule has 1 radical (unpaired) electrons.